The number of carbonyl (C=O) groups excluding carboxylic acids is 1. The van der Waals surface area contributed by atoms with E-state index in [1.807, 2.05) is 44.3 Å². The zero-order valence-corrected chi connectivity index (χ0v) is 12.4. The van der Waals surface area contributed by atoms with Gasteiger partial charge in [-0.1, -0.05) is 15.9 Å². The molecule has 0 fully saturated rings. The Kier molecular flexibility index (Phi) is 4.22. The van der Waals surface area contributed by atoms with Gasteiger partial charge in [-0.3, -0.25) is 4.79 Å². The first-order valence-corrected chi connectivity index (χ1v) is 6.75. The van der Waals surface area contributed by atoms with E-state index in [2.05, 4.69) is 26.6 Å². The largest absolute Gasteiger partial charge is 0.388 e. The van der Waals surface area contributed by atoms with Gasteiger partial charge in [-0.25, -0.2) is 0 Å². The lowest BCUT2D eigenvalue weighted by molar-refractivity contribution is 0.102. The number of hydrogen-bond acceptors (Lipinski definition) is 2. The van der Waals surface area contributed by atoms with Crippen molar-refractivity contribution >= 4 is 33.2 Å². The van der Waals surface area contributed by atoms with E-state index in [0.717, 1.165) is 21.4 Å². The van der Waals surface area contributed by atoms with E-state index >= 15 is 0 Å². The normalized spacial score (nSPS) is 10.1. The monoisotopic (exact) mass is 318 g/mol. The summed E-state index contributed by atoms with van der Waals surface area (Å²) in [5, 5.41) is 5.90. The van der Waals surface area contributed by atoms with Crippen molar-refractivity contribution in [1.29, 1.82) is 0 Å². The highest BCUT2D eigenvalue weighted by Crippen LogP contribution is 2.20. The number of nitrogens with one attached hydrogen (secondary N) is 2. The van der Waals surface area contributed by atoms with Crippen molar-refractivity contribution in [1.82, 2.24) is 0 Å². The first-order chi connectivity index (χ1) is 9.10. The van der Waals surface area contributed by atoms with Crippen molar-refractivity contribution in [2.45, 2.75) is 6.92 Å². The summed E-state index contributed by atoms with van der Waals surface area (Å²) >= 11 is 3.44. The van der Waals surface area contributed by atoms with Crippen LogP contribution < -0.4 is 10.6 Å². The zero-order chi connectivity index (χ0) is 13.8. The molecule has 0 unspecified atom stereocenters. The van der Waals surface area contributed by atoms with Crippen molar-refractivity contribution in [2.24, 2.45) is 0 Å². The third kappa shape index (κ3) is 3.35. The third-order valence-corrected chi connectivity index (χ3v) is 3.74. The number of halogens is 1. The highest BCUT2D eigenvalue weighted by atomic mass is 79.9. The molecule has 0 radical (unpaired) electrons. The molecule has 98 valence electrons. The Morgan fingerprint density at radius 1 is 1.05 bits per heavy atom. The molecular formula is C15H15BrN2O. The average Bonchev–Trinajstić information content (AvgIpc) is 2.43. The van der Waals surface area contributed by atoms with E-state index in [1.54, 1.807) is 12.1 Å². The fraction of sp³-hybridized carbons (Fsp3) is 0.133. The van der Waals surface area contributed by atoms with Crippen LogP contribution in [-0.4, -0.2) is 13.0 Å². The lowest BCUT2D eigenvalue weighted by Crippen LogP contribution is -2.11. The summed E-state index contributed by atoms with van der Waals surface area (Å²) in [6.07, 6.45) is 0. The molecule has 0 aliphatic carbocycles. The minimum Gasteiger partial charge on any atom is -0.388 e. The summed E-state index contributed by atoms with van der Waals surface area (Å²) in [4.78, 5) is 12.1. The molecule has 2 aromatic rings. The second-order valence-corrected chi connectivity index (χ2v) is 5.10. The van der Waals surface area contributed by atoms with Gasteiger partial charge < -0.3 is 10.6 Å². The Bertz CT molecular complexity index is 594. The van der Waals surface area contributed by atoms with Crippen molar-refractivity contribution < 1.29 is 4.79 Å². The summed E-state index contributed by atoms with van der Waals surface area (Å²) in [6.45, 7) is 1.99. The van der Waals surface area contributed by atoms with E-state index in [0.29, 0.717) is 5.56 Å². The van der Waals surface area contributed by atoms with Crippen LogP contribution >= 0.6 is 15.9 Å². The quantitative estimate of drug-likeness (QED) is 0.896. The zero-order valence-electron chi connectivity index (χ0n) is 10.8. The maximum Gasteiger partial charge on any atom is 0.255 e. The second kappa shape index (κ2) is 5.89. The number of amides is 1. The Hall–Kier alpha value is -1.81. The predicted octanol–water partition coefficient (Wildman–Crippen LogP) is 4.05. The predicted molar refractivity (Wildman–Crippen MR) is 82.8 cm³/mol. The molecule has 0 aliphatic rings. The van der Waals surface area contributed by atoms with E-state index in [-0.39, 0.29) is 5.91 Å². The fourth-order valence-electron chi connectivity index (χ4n) is 1.71. The molecule has 0 atom stereocenters. The molecule has 0 spiro atoms. The Balaban J connectivity index is 2.13. The maximum absolute atomic E-state index is 12.1. The van der Waals surface area contributed by atoms with Crippen LogP contribution in [0.4, 0.5) is 11.4 Å². The molecule has 0 aliphatic heterocycles. The van der Waals surface area contributed by atoms with Gasteiger partial charge in [0.2, 0.25) is 0 Å². The van der Waals surface area contributed by atoms with Gasteiger partial charge in [0, 0.05) is 28.5 Å². The van der Waals surface area contributed by atoms with Crippen LogP contribution in [0.5, 0.6) is 0 Å². The second-order valence-electron chi connectivity index (χ2n) is 4.25. The number of carbonyl (C=O) groups is 1. The van der Waals surface area contributed by atoms with Crippen molar-refractivity contribution in [3.63, 3.8) is 0 Å². The molecule has 1 amide bonds. The summed E-state index contributed by atoms with van der Waals surface area (Å²) in [6, 6.07) is 13.1. The van der Waals surface area contributed by atoms with Crippen LogP contribution in [0.3, 0.4) is 0 Å². The third-order valence-electron chi connectivity index (χ3n) is 2.85. The first-order valence-electron chi connectivity index (χ1n) is 5.95. The van der Waals surface area contributed by atoms with E-state index in [1.165, 1.54) is 0 Å². The average molecular weight is 319 g/mol. The number of anilines is 2. The smallest absolute Gasteiger partial charge is 0.255 e. The molecule has 0 bridgehead atoms. The van der Waals surface area contributed by atoms with Crippen molar-refractivity contribution in [3.8, 4) is 0 Å². The van der Waals surface area contributed by atoms with Crippen LogP contribution in [0.25, 0.3) is 0 Å². The van der Waals surface area contributed by atoms with Gasteiger partial charge in [0.15, 0.2) is 0 Å². The van der Waals surface area contributed by atoms with Crippen molar-refractivity contribution in [3.05, 3.63) is 58.1 Å². The summed E-state index contributed by atoms with van der Waals surface area (Å²) in [5.74, 6) is -0.107. The molecule has 2 aromatic carbocycles. The maximum atomic E-state index is 12.1. The molecule has 2 rings (SSSR count). The lowest BCUT2D eigenvalue weighted by atomic mass is 10.1. The SMILES string of the molecule is CNc1ccc(C(=O)Nc2ccc(Br)c(C)c2)cc1. The fourth-order valence-corrected chi connectivity index (χ4v) is 1.96. The molecule has 19 heavy (non-hydrogen) atoms. The Morgan fingerprint density at radius 3 is 2.26 bits per heavy atom. The number of hydrogen-bond donors (Lipinski definition) is 2. The minimum atomic E-state index is -0.107. The van der Waals surface area contributed by atoms with Crippen LogP contribution in [-0.2, 0) is 0 Å². The van der Waals surface area contributed by atoms with Gasteiger partial charge >= 0.3 is 0 Å². The molecule has 0 heterocycles. The molecule has 0 aromatic heterocycles. The Morgan fingerprint density at radius 2 is 1.68 bits per heavy atom. The summed E-state index contributed by atoms with van der Waals surface area (Å²) in [7, 11) is 1.85. The van der Waals surface area contributed by atoms with Crippen LogP contribution in [0.2, 0.25) is 0 Å². The minimum absolute atomic E-state index is 0.107. The van der Waals surface area contributed by atoms with E-state index in [4.69, 9.17) is 0 Å². The molecule has 0 saturated heterocycles. The number of aryl methyl sites for hydroxylation is 1. The van der Waals surface area contributed by atoms with Gasteiger partial charge in [0.25, 0.3) is 5.91 Å². The topological polar surface area (TPSA) is 41.1 Å². The summed E-state index contributed by atoms with van der Waals surface area (Å²) in [5.41, 5.74) is 3.50. The molecule has 0 saturated carbocycles. The highest BCUT2D eigenvalue weighted by molar-refractivity contribution is 9.10. The van der Waals surface area contributed by atoms with Gasteiger partial charge in [-0.15, -0.1) is 0 Å². The molecule has 2 N–H and O–H groups in total. The van der Waals surface area contributed by atoms with Gasteiger partial charge in [0.05, 0.1) is 0 Å². The van der Waals surface area contributed by atoms with E-state index < -0.39 is 0 Å². The van der Waals surface area contributed by atoms with Gasteiger partial charge in [-0.2, -0.15) is 0 Å². The molecular weight excluding hydrogens is 304 g/mol. The van der Waals surface area contributed by atoms with E-state index in [9.17, 15) is 4.79 Å². The first kappa shape index (κ1) is 13.6. The summed E-state index contributed by atoms with van der Waals surface area (Å²) < 4.78 is 1.03. The number of rotatable bonds is 3. The Labute approximate surface area is 121 Å². The highest BCUT2D eigenvalue weighted by Gasteiger charge is 2.06. The standard InChI is InChI=1S/C15H15BrN2O/c1-10-9-13(7-8-14(10)16)18-15(19)11-3-5-12(17-2)6-4-11/h3-9,17H,1-2H3,(H,18,19). The van der Waals surface area contributed by atoms with Crippen LogP contribution in [0.1, 0.15) is 15.9 Å². The van der Waals surface area contributed by atoms with Crippen LogP contribution in [0, 0.1) is 6.92 Å². The van der Waals surface area contributed by atoms with Gasteiger partial charge in [0.1, 0.15) is 0 Å². The lowest BCUT2D eigenvalue weighted by Gasteiger charge is -2.08. The van der Waals surface area contributed by atoms with Crippen LogP contribution in [0.15, 0.2) is 46.9 Å². The number of benzene rings is 2. The van der Waals surface area contributed by atoms with Crippen molar-refractivity contribution in [2.75, 3.05) is 17.7 Å². The molecule has 3 nitrogen and oxygen atoms in total. The molecule has 4 heteroatoms. The van der Waals surface area contributed by atoms with Gasteiger partial charge in [-0.05, 0) is 55.0 Å².